The first-order valence-corrected chi connectivity index (χ1v) is 11.1. The van der Waals surface area contributed by atoms with Gasteiger partial charge in [0.05, 0.1) is 10.7 Å². The molecule has 6 nitrogen and oxygen atoms in total. The van der Waals surface area contributed by atoms with E-state index in [-0.39, 0.29) is 11.8 Å². The maximum absolute atomic E-state index is 12.5. The number of aromatic nitrogens is 1. The molecule has 0 saturated carbocycles. The number of fused-ring (bicyclic) bond motifs is 1. The molecule has 1 fully saturated rings. The molecule has 1 aliphatic heterocycles. The monoisotopic (exact) mass is 422 g/mol. The van der Waals surface area contributed by atoms with Gasteiger partial charge in [0.2, 0.25) is 5.91 Å². The summed E-state index contributed by atoms with van der Waals surface area (Å²) in [5.41, 5.74) is 1.72. The highest BCUT2D eigenvalue weighted by Gasteiger charge is 2.21. The van der Waals surface area contributed by atoms with E-state index in [2.05, 4.69) is 20.6 Å². The van der Waals surface area contributed by atoms with Gasteiger partial charge in [0.25, 0.3) is 5.91 Å². The van der Waals surface area contributed by atoms with Crippen LogP contribution in [0.25, 0.3) is 10.8 Å². The topological polar surface area (TPSA) is 65.5 Å². The average molecular weight is 423 g/mol. The summed E-state index contributed by atoms with van der Waals surface area (Å²) in [6.07, 6.45) is 0.324. The third-order valence-electron chi connectivity index (χ3n) is 5.41. The molecule has 1 aliphatic rings. The zero-order valence-electron chi connectivity index (χ0n) is 17.1. The molecule has 1 saturated heterocycles. The number of nitrogens with zero attached hydrogens (tertiary/aromatic N) is 3. The number of thiazole rings is 1. The lowest BCUT2D eigenvalue weighted by Crippen LogP contribution is -2.48. The first-order chi connectivity index (χ1) is 14.6. The fourth-order valence-electron chi connectivity index (χ4n) is 3.74. The number of carbonyl (C=O) groups is 2. The summed E-state index contributed by atoms with van der Waals surface area (Å²) in [5, 5.41) is 8.20. The first-order valence-electron chi connectivity index (χ1n) is 10.3. The van der Waals surface area contributed by atoms with Gasteiger partial charge in [-0.05, 0) is 29.8 Å². The number of carbonyl (C=O) groups excluding carboxylic acids is 2. The van der Waals surface area contributed by atoms with Gasteiger partial charge in [-0.1, -0.05) is 30.3 Å². The first kappa shape index (κ1) is 20.5. The van der Waals surface area contributed by atoms with E-state index < -0.39 is 0 Å². The average Bonchev–Trinajstić information content (AvgIpc) is 3.18. The lowest BCUT2D eigenvalue weighted by Gasteiger charge is -2.34. The Labute approximate surface area is 180 Å². The molecule has 0 unspecified atom stereocenters. The smallest absolute Gasteiger partial charge is 0.251 e. The molecule has 2 heterocycles. The Kier molecular flexibility index (Phi) is 6.40. The summed E-state index contributed by atoms with van der Waals surface area (Å²) in [6, 6.07) is 13.6. The number of benzene rings is 2. The van der Waals surface area contributed by atoms with Crippen molar-refractivity contribution in [1.29, 1.82) is 0 Å². The zero-order chi connectivity index (χ0) is 20.9. The van der Waals surface area contributed by atoms with Crippen LogP contribution in [0.1, 0.15) is 27.5 Å². The van der Waals surface area contributed by atoms with Crippen molar-refractivity contribution in [2.45, 2.75) is 19.9 Å². The van der Waals surface area contributed by atoms with Crippen LogP contribution in [0.4, 0.5) is 0 Å². The van der Waals surface area contributed by atoms with Crippen molar-refractivity contribution in [2.75, 3.05) is 32.7 Å². The number of piperazine rings is 1. The van der Waals surface area contributed by atoms with Crippen molar-refractivity contribution in [3.05, 3.63) is 64.1 Å². The van der Waals surface area contributed by atoms with Crippen molar-refractivity contribution < 1.29 is 9.59 Å². The van der Waals surface area contributed by atoms with Gasteiger partial charge in [-0.15, -0.1) is 11.3 Å². The lowest BCUT2D eigenvalue weighted by molar-refractivity contribution is -0.132. The summed E-state index contributed by atoms with van der Waals surface area (Å²) < 4.78 is 0. The summed E-state index contributed by atoms with van der Waals surface area (Å²) >= 11 is 1.67. The van der Waals surface area contributed by atoms with Crippen molar-refractivity contribution in [2.24, 2.45) is 0 Å². The Hall–Kier alpha value is -2.77. The van der Waals surface area contributed by atoms with Crippen LogP contribution in [-0.2, 0) is 11.3 Å². The minimum atomic E-state index is -0.142. The second-order valence-electron chi connectivity index (χ2n) is 7.58. The Balaban J connectivity index is 1.20. The summed E-state index contributed by atoms with van der Waals surface area (Å²) in [7, 11) is 0. The second-order valence-corrected chi connectivity index (χ2v) is 8.64. The fraction of sp³-hybridized carbons (Fsp3) is 0.348. The molecule has 1 aromatic heterocycles. The van der Waals surface area contributed by atoms with Crippen molar-refractivity contribution in [1.82, 2.24) is 20.1 Å². The lowest BCUT2D eigenvalue weighted by atomic mass is 10.1. The highest BCUT2D eigenvalue weighted by molar-refractivity contribution is 7.09. The van der Waals surface area contributed by atoms with Crippen LogP contribution in [0.5, 0.6) is 0 Å². The van der Waals surface area contributed by atoms with Gasteiger partial charge >= 0.3 is 0 Å². The van der Waals surface area contributed by atoms with Gasteiger partial charge in [-0.3, -0.25) is 14.5 Å². The molecule has 3 aromatic rings. The molecule has 2 aromatic carbocycles. The van der Waals surface area contributed by atoms with E-state index in [4.69, 9.17) is 0 Å². The SMILES string of the molecule is Cc1nc(CN2CCN(C(=O)CCNC(=O)c3ccc4ccccc4c3)CC2)cs1. The van der Waals surface area contributed by atoms with E-state index in [0.717, 1.165) is 54.2 Å². The number of rotatable bonds is 6. The summed E-state index contributed by atoms with van der Waals surface area (Å²) in [5.74, 6) is -0.0464. The quantitative estimate of drug-likeness (QED) is 0.663. The molecule has 0 aliphatic carbocycles. The van der Waals surface area contributed by atoms with E-state index >= 15 is 0 Å². The predicted molar refractivity (Wildman–Crippen MR) is 120 cm³/mol. The fourth-order valence-corrected chi connectivity index (χ4v) is 4.34. The zero-order valence-corrected chi connectivity index (χ0v) is 18.0. The second kappa shape index (κ2) is 9.36. The molecule has 156 valence electrons. The van der Waals surface area contributed by atoms with Crippen LogP contribution in [0.3, 0.4) is 0 Å². The number of hydrogen-bond donors (Lipinski definition) is 1. The minimum Gasteiger partial charge on any atom is -0.352 e. The van der Waals surface area contributed by atoms with E-state index in [1.807, 2.05) is 54.3 Å². The van der Waals surface area contributed by atoms with Gasteiger partial charge in [0.1, 0.15) is 0 Å². The maximum atomic E-state index is 12.5. The van der Waals surface area contributed by atoms with Crippen LogP contribution in [-0.4, -0.2) is 59.3 Å². The van der Waals surface area contributed by atoms with Crippen LogP contribution >= 0.6 is 11.3 Å². The molecule has 0 radical (unpaired) electrons. The molecule has 1 N–H and O–H groups in total. The molecule has 4 rings (SSSR count). The molecule has 2 amide bonds. The van der Waals surface area contributed by atoms with Gasteiger partial charge in [-0.25, -0.2) is 4.98 Å². The van der Waals surface area contributed by atoms with E-state index in [9.17, 15) is 9.59 Å². The van der Waals surface area contributed by atoms with Crippen LogP contribution in [0, 0.1) is 6.92 Å². The molecular formula is C23H26N4O2S. The maximum Gasteiger partial charge on any atom is 0.251 e. The van der Waals surface area contributed by atoms with Gasteiger partial charge in [0, 0.05) is 56.6 Å². The highest BCUT2D eigenvalue weighted by Crippen LogP contribution is 2.16. The van der Waals surface area contributed by atoms with E-state index in [1.54, 1.807) is 11.3 Å². The van der Waals surface area contributed by atoms with E-state index in [0.29, 0.717) is 18.5 Å². The molecule has 0 spiro atoms. The van der Waals surface area contributed by atoms with Crippen LogP contribution < -0.4 is 5.32 Å². The third-order valence-corrected chi connectivity index (χ3v) is 6.24. The third kappa shape index (κ3) is 5.04. The normalized spacial score (nSPS) is 14.8. The van der Waals surface area contributed by atoms with Crippen LogP contribution in [0.15, 0.2) is 47.8 Å². The van der Waals surface area contributed by atoms with Crippen LogP contribution in [0.2, 0.25) is 0 Å². The Morgan fingerprint density at radius 3 is 2.57 bits per heavy atom. The largest absolute Gasteiger partial charge is 0.352 e. The van der Waals surface area contributed by atoms with Gasteiger partial charge in [0.15, 0.2) is 0 Å². The molecule has 0 bridgehead atoms. The summed E-state index contributed by atoms with van der Waals surface area (Å²) in [4.78, 5) is 33.7. The Morgan fingerprint density at radius 2 is 1.83 bits per heavy atom. The number of aryl methyl sites for hydroxylation is 1. The van der Waals surface area contributed by atoms with Gasteiger partial charge in [-0.2, -0.15) is 0 Å². The molecule has 7 heteroatoms. The summed E-state index contributed by atoms with van der Waals surface area (Å²) in [6.45, 7) is 6.36. The predicted octanol–water partition coefficient (Wildman–Crippen LogP) is 3.07. The van der Waals surface area contributed by atoms with Gasteiger partial charge < -0.3 is 10.2 Å². The van der Waals surface area contributed by atoms with Crippen molar-refractivity contribution in [3.63, 3.8) is 0 Å². The standard InChI is InChI=1S/C23H26N4O2S/c1-17-25-21(16-30-17)15-26-10-12-27(13-11-26)22(28)8-9-24-23(29)20-7-6-18-4-2-3-5-19(18)14-20/h2-7,14,16H,8-13,15H2,1H3,(H,24,29). The Bertz CT molecular complexity index is 1040. The highest BCUT2D eigenvalue weighted by atomic mass is 32.1. The van der Waals surface area contributed by atoms with Crippen molar-refractivity contribution in [3.8, 4) is 0 Å². The van der Waals surface area contributed by atoms with E-state index in [1.165, 1.54) is 0 Å². The Morgan fingerprint density at radius 1 is 1.07 bits per heavy atom. The number of amides is 2. The molecule has 30 heavy (non-hydrogen) atoms. The minimum absolute atomic E-state index is 0.0953. The number of nitrogens with one attached hydrogen (secondary N) is 1. The molecular weight excluding hydrogens is 396 g/mol. The van der Waals surface area contributed by atoms with Crippen molar-refractivity contribution >= 4 is 33.9 Å². The number of hydrogen-bond acceptors (Lipinski definition) is 5. The molecule has 0 atom stereocenters.